The van der Waals surface area contributed by atoms with Crippen molar-refractivity contribution < 1.29 is 14.3 Å². The van der Waals surface area contributed by atoms with Gasteiger partial charge in [0.15, 0.2) is 5.13 Å². The van der Waals surface area contributed by atoms with Crippen LogP contribution >= 0.6 is 11.3 Å². The number of thiazole rings is 1. The molecule has 0 bridgehead atoms. The molecule has 0 aromatic carbocycles. The van der Waals surface area contributed by atoms with Gasteiger partial charge in [-0.25, -0.2) is 4.98 Å². The van der Waals surface area contributed by atoms with Crippen LogP contribution in [0.3, 0.4) is 0 Å². The first kappa shape index (κ1) is 15.4. The van der Waals surface area contributed by atoms with E-state index < -0.39 is 0 Å². The number of carbonyl (C=O) groups excluding carboxylic acids is 2. The van der Waals surface area contributed by atoms with Crippen molar-refractivity contribution in [2.24, 2.45) is 0 Å². The van der Waals surface area contributed by atoms with E-state index in [1.807, 2.05) is 12.3 Å². The number of hydrogen-bond acceptors (Lipinski definition) is 5. The van der Waals surface area contributed by atoms with E-state index in [0.717, 1.165) is 38.1 Å². The van der Waals surface area contributed by atoms with Crippen molar-refractivity contribution in [1.29, 1.82) is 0 Å². The molecule has 22 heavy (non-hydrogen) atoms. The van der Waals surface area contributed by atoms with Crippen molar-refractivity contribution in [3.63, 3.8) is 0 Å². The molecular formula is C15H21N3O3S. The van der Waals surface area contributed by atoms with Gasteiger partial charge in [-0.05, 0) is 26.2 Å². The van der Waals surface area contributed by atoms with Gasteiger partial charge in [-0.2, -0.15) is 0 Å². The Kier molecular flexibility index (Phi) is 4.73. The lowest BCUT2D eigenvalue weighted by Crippen LogP contribution is -2.41. The Labute approximate surface area is 133 Å². The largest absolute Gasteiger partial charge is 0.376 e. The molecule has 0 spiro atoms. The Morgan fingerprint density at radius 2 is 2.45 bits per heavy atom. The molecule has 2 fully saturated rings. The first-order valence-corrected chi connectivity index (χ1v) is 8.67. The van der Waals surface area contributed by atoms with Crippen molar-refractivity contribution in [1.82, 2.24) is 10.3 Å². The number of hydrogen-bond donors (Lipinski definition) is 1. The van der Waals surface area contributed by atoms with Crippen LogP contribution in [-0.2, 0) is 20.7 Å². The van der Waals surface area contributed by atoms with Crippen molar-refractivity contribution in [3.8, 4) is 0 Å². The van der Waals surface area contributed by atoms with Crippen molar-refractivity contribution in [2.75, 3.05) is 18.1 Å². The van der Waals surface area contributed by atoms with E-state index in [9.17, 15) is 9.59 Å². The molecule has 7 heteroatoms. The predicted molar refractivity (Wildman–Crippen MR) is 84.0 cm³/mol. The van der Waals surface area contributed by atoms with Gasteiger partial charge in [0.2, 0.25) is 11.8 Å². The second-order valence-corrected chi connectivity index (χ2v) is 6.69. The summed E-state index contributed by atoms with van der Waals surface area (Å²) in [6.07, 6.45) is 3.90. The van der Waals surface area contributed by atoms with Gasteiger partial charge in [-0.1, -0.05) is 0 Å². The van der Waals surface area contributed by atoms with Gasteiger partial charge in [0.25, 0.3) is 0 Å². The van der Waals surface area contributed by atoms with Crippen LogP contribution in [0.15, 0.2) is 5.38 Å². The van der Waals surface area contributed by atoms with E-state index in [0.29, 0.717) is 11.6 Å². The zero-order valence-corrected chi connectivity index (χ0v) is 13.5. The van der Waals surface area contributed by atoms with Crippen molar-refractivity contribution in [2.45, 2.75) is 51.2 Å². The highest BCUT2D eigenvalue weighted by molar-refractivity contribution is 7.14. The normalized spacial score (nSPS) is 23.0. The number of nitrogens with one attached hydrogen (secondary N) is 1. The highest BCUT2D eigenvalue weighted by Crippen LogP contribution is 2.25. The highest BCUT2D eigenvalue weighted by Gasteiger charge is 2.26. The Hall–Kier alpha value is -1.47. The number of carbonyl (C=O) groups is 2. The van der Waals surface area contributed by atoms with Crippen molar-refractivity contribution in [3.05, 3.63) is 11.1 Å². The zero-order valence-electron chi connectivity index (χ0n) is 12.7. The summed E-state index contributed by atoms with van der Waals surface area (Å²) in [4.78, 5) is 29.9. The monoisotopic (exact) mass is 323 g/mol. The standard InChI is InChI=1S/C15H21N3O3S/c1-10(12-4-3-7-21-12)16-13(19)8-11-9-22-15(17-11)18-6-2-5-14(18)20/h9-10,12H,2-8H2,1H3,(H,16,19)/t10-,12-/m1/s1. The molecule has 2 amide bonds. The summed E-state index contributed by atoms with van der Waals surface area (Å²) in [5, 5.41) is 5.54. The van der Waals surface area contributed by atoms with E-state index in [2.05, 4.69) is 10.3 Å². The maximum Gasteiger partial charge on any atom is 0.228 e. The van der Waals surface area contributed by atoms with Crippen LogP contribution in [-0.4, -0.2) is 42.1 Å². The van der Waals surface area contributed by atoms with Crippen LogP contribution in [0.4, 0.5) is 5.13 Å². The van der Waals surface area contributed by atoms with Crippen LogP contribution in [0.5, 0.6) is 0 Å². The van der Waals surface area contributed by atoms with Crippen LogP contribution in [0.1, 0.15) is 38.3 Å². The SMILES string of the molecule is C[C@@H](NC(=O)Cc1csc(N2CCCC2=O)n1)[C@H]1CCCO1. The van der Waals surface area contributed by atoms with Crippen LogP contribution < -0.4 is 10.2 Å². The Balaban J connectivity index is 1.53. The number of anilines is 1. The summed E-state index contributed by atoms with van der Waals surface area (Å²) in [5.74, 6) is 0.0740. The van der Waals surface area contributed by atoms with E-state index in [1.165, 1.54) is 11.3 Å². The minimum Gasteiger partial charge on any atom is -0.376 e. The molecule has 2 aliphatic heterocycles. The van der Waals surface area contributed by atoms with Gasteiger partial charge in [0.05, 0.1) is 24.3 Å². The minimum atomic E-state index is -0.0485. The lowest BCUT2D eigenvalue weighted by molar-refractivity contribution is -0.122. The molecule has 0 radical (unpaired) electrons. The van der Waals surface area contributed by atoms with Gasteiger partial charge in [-0.3, -0.25) is 14.5 Å². The van der Waals surface area contributed by atoms with E-state index >= 15 is 0 Å². The molecular weight excluding hydrogens is 302 g/mol. The van der Waals surface area contributed by atoms with E-state index in [-0.39, 0.29) is 30.4 Å². The molecule has 6 nitrogen and oxygen atoms in total. The summed E-state index contributed by atoms with van der Waals surface area (Å²) in [6, 6.07) is 0.0215. The molecule has 1 N–H and O–H groups in total. The maximum atomic E-state index is 12.1. The third-order valence-corrected chi connectivity index (χ3v) is 5.01. The number of amides is 2. The number of ether oxygens (including phenoxy) is 1. The number of aromatic nitrogens is 1. The van der Waals surface area contributed by atoms with Crippen LogP contribution in [0, 0.1) is 0 Å². The lowest BCUT2D eigenvalue weighted by atomic mass is 10.1. The summed E-state index contributed by atoms with van der Waals surface area (Å²) < 4.78 is 5.58. The fourth-order valence-electron chi connectivity index (χ4n) is 2.91. The molecule has 3 heterocycles. The molecule has 0 unspecified atom stereocenters. The van der Waals surface area contributed by atoms with Gasteiger partial charge >= 0.3 is 0 Å². The lowest BCUT2D eigenvalue weighted by Gasteiger charge is -2.19. The molecule has 1 aromatic rings. The fourth-order valence-corrected chi connectivity index (χ4v) is 3.78. The molecule has 0 aliphatic carbocycles. The third kappa shape index (κ3) is 3.47. The maximum absolute atomic E-state index is 12.1. The quantitative estimate of drug-likeness (QED) is 0.891. The van der Waals surface area contributed by atoms with Crippen LogP contribution in [0.2, 0.25) is 0 Å². The average molecular weight is 323 g/mol. The van der Waals surface area contributed by atoms with Crippen molar-refractivity contribution >= 4 is 28.3 Å². The first-order chi connectivity index (χ1) is 10.6. The first-order valence-electron chi connectivity index (χ1n) is 7.79. The zero-order chi connectivity index (χ0) is 15.5. The highest BCUT2D eigenvalue weighted by atomic mass is 32.1. The Morgan fingerprint density at radius 1 is 1.59 bits per heavy atom. The number of nitrogens with zero attached hydrogens (tertiary/aromatic N) is 2. The molecule has 120 valence electrons. The predicted octanol–water partition coefficient (Wildman–Crippen LogP) is 1.50. The van der Waals surface area contributed by atoms with E-state index in [1.54, 1.807) is 4.90 Å². The average Bonchev–Trinajstić information content (AvgIpc) is 3.18. The Bertz CT molecular complexity index is 554. The number of rotatable bonds is 5. The van der Waals surface area contributed by atoms with Gasteiger partial charge in [-0.15, -0.1) is 11.3 Å². The van der Waals surface area contributed by atoms with Gasteiger partial charge < -0.3 is 10.1 Å². The summed E-state index contributed by atoms with van der Waals surface area (Å²) in [6.45, 7) is 3.49. The van der Waals surface area contributed by atoms with Gasteiger partial charge in [0, 0.05) is 25.0 Å². The third-order valence-electron chi connectivity index (χ3n) is 4.10. The molecule has 2 atom stereocenters. The summed E-state index contributed by atoms with van der Waals surface area (Å²) in [7, 11) is 0. The minimum absolute atomic E-state index is 0.0215. The van der Waals surface area contributed by atoms with Crippen LogP contribution in [0.25, 0.3) is 0 Å². The smallest absolute Gasteiger partial charge is 0.228 e. The summed E-state index contributed by atoms with van der Waals surface area (Å²) >= 11 is 1.43. The molecule has 0 saturated carbocycles. The van der Waals surface area contributed by atoms with E-state index in [4.69, 9.17) is 4.74 Å². The second kappa shape index (κ2) is 6.75. The summed E-state index contributed by atoms with van der Waals surface area (Å²) in [5.41, 5.74) is 0.719. The molecule has 2 aliphatic rings. The fraction of sp³-hybridized carbons (Fsp3) is 0.667. The van der Waals surface area contributed by atoms with Gasteiger partial charge in [0.1, 0.15) is 0 Å². The molecule has 2 saturated heterocycles. The topological polar surface area (TPSA) is 71.5 Å². The molecule has 1 aromatic heterocycles. The second-order valence-electron chi connectivity index (χ2n) is 5.85. The Morgan fingerprint density at radius 3 is 3.14 bits per heavy atom. The molecule has 3 rings (SSSR count).